The number of unbranched alkanes of at least 4 members (excludes halogenated alkanes) is 4. The van der Waals surface area contributed by atoms with E-state index in [-0.39, 0.29) is 0 Å². The molecular formula is C69H69N3O4S4. The lowest BCUT2D eigenvalue weighted by Crippen LogP contribution is -2.09. The molecule has 0 spiro atoms. The fraction of sp³-hybridized carbons (Fsp3) is 0.246. The number of rotatable bonds is 25. The van der Waals surface area contributed by atoms with Crippen LogP contribution in [0.5, 0.6) is 23.0 Å². The summed E-state index contributed by atoms with van der Waals surface area (Å²) in [6, 6.07) is 62.7. The summed E-state index contributed by atoms with van der Waals surface area (Å²) in [5.41, 5.74) is 12.8. The zero-order valence-electron chi connectivity index (χ0n) is 46.6. The van der Waals surface area contributed by atoms with Crippen LogP contribution in [0.4, 0.5) is 34.1 Å². The molecule has 0 aliphatic heterocycles. The number of nitrogens with zero attached hydrogens (tertiary/aromatic N) is 3. The van der Waals surface area contributed by atoms with Crippen molar-refractivity contribution >= 4 is 99.9 Å². The number of methoxy groups -OCH3 is 4. The summed E-state index contributed by atoms with van der Waals surface area (Å²) in [7, 11) is 6.81. The molecule has 11 rings (SSSR count). The topological polar surface area (TPSA) is 48.3 Å². The molecular weight excluding hydrogens is 1060 g/mol. The monoisotopic (exact) mass is 1130 g/mol. The molecule has 0 N–H and O–H groups in total. The third-order valence-corrected chi connectivity index (χ3v) is 20.1. The molecule has 11 aromatic rings. The van der Waals surface area contributed by atoms with E-state index in [1.54, 1.807) is 28.4 Å². The summed E-state index contributed by atoms with van der Waals surface area (Å²) in [6.45, 7) is 5.72. The van der Waals surface area contributed by atoms with E-state index in [0.717, 1.165) is 69.6 Å². The predicted octanol–water partition coefficient (Wildman–Crippen LogP) is 21.8. The van der Waals surface area contributed by atoms with Crippen molar-refractivity contribution < 1.29 is 18.9 Å². The van der Waals surface area contributed by atoms with Crippen LogP contribution in [0.2, 0.25) is 0 Å². The summed E-state index contributed by atoms with van der Waals surface area (Å²) >= 11 is 7.60. The fourth-order valence-corrected chi connectivity index (χ4v) is 15.4. The third-order valence-electron chi connectivity index (χ3n) is 15.4. The van der Waals surface area contributed by atoms with Gasteiger partial charge in [-0.1, -0.05) is 89.5 Å². The molecule has 0 saturated heterocycles. The Kier molecular flexibility index (Phi) is 17.4. The van der Waals surface area contributed by atoms with Gasteiger partial charge >= 0.3 is 0 Å². The lowest BCUT2D eigenvalue weighted by molar-refractivity contribution is 0.399. The van der Waals surface area contributed by atoms with E-state index in [4.69, 9.17) is 18.9 Å². The van der Waals surface area contributed by atoms with Gasteiger partial charge in [-0.3, -0.25) is 0 Å². The number of hydrogen-bond donors (Lipinski definition) is 0. The average Bonchev–Trinajstić information content (AvgIpc) is 4.51. The van der Waals surface area contributed by atoms with Crippen molar-refractivity contribution in [3.8, 4) is 64.1 Å². The van der Waals surface area contributed by atoms with Crippen LogP contribution < -0.4 is 28.7 Å². The number of fused-ring (bicyclic) bond motifs is 3. The summed E-state index contributed by atoms with van der Waals surface area (Å²) in [5, 5.41) is 2.34. The zero-order valence-corrected chi connectivity index (χ0v) is 49.8. The van der Waals surface area contributed by atoms with Gasteiger partial charge in [0.25, 0.3) is 0 Å². The van der Waals surface area contributed by atoms with Gasteiger partial charge in [-0.15, -0.1) is 45.3 Å². The van der Waals surface area contributed by atoms with Crippen LogP contribution in [0.1, 0.15) is 71.6 Å². The standard InChI is InChI=1S/C69H69N3O4S4/c1-7-9-14-47(8-2)15-12-10-11-13-42-70-61-44-66(50-43-65(77-46-50)49-18-22-52(23-19-49)72(55-28-36-59(75-5)37-29-55)56-30-38-60(76-6)39-31-56)79-68(61)69-62(70)45-67(80-69)64-41-40-63(78-64)48-16-20-51(21-17-48)71(53-24-32-57(73-3)33-25-53)54-26-34-58(74-4)35-27-54/h16-41,43-47H,7-15,42H2,1-6H3. The quantitative estimate of drug-likeness (QED) is 0.0532. The zero-order chi connectivity index (χ0) is 55.0. The van der Waals surface area contributed by atoms with Gasteiger partial charge in [-0.05, 0) is 175 Å². The van der Waals surface area contributed by atoms with Gasteiger partial charge in [0.05, 0.1) is 48.9 Å². The van der Waals surface area contributed by atoms with Crippen molar-refractivity contribution in [1.29, 1.82) is 0 Å². The summed E-state index contributed by atoms with van der Waals surface area (Å²) in [6.07, 6.45) is 11.8. The maximum Gasteiger partial charge on any atom is 0.119 e. The highest BCUT2D eigenvalue weighted by atomic mass is 32.1. The van der Waals surface area contributed by atoms with Crippen molar-refractivity contribution in [1.82, 2.24) is 4.57 Å². The van der Waals surface area contributed by atoms with Gasteiger partial charge in [0.2, 0.25) is 0 Å². The minimum Gasteiger partial charge on any atom is -0.497 e. The minimum absolute atomic E-state index is 0.827. The van der Waals surface area contributed by atoms with Crippen LogP contribution >= 0.6 is 45.3 Å². The van der Waals surface area contributed by atoms with E-state index in [0.29, 0.717) is 0 Å². The third kappa shape index (κ3) is 11.9. The van der Waals surface area contributed by atoms with E-state index in [9.17, 15) is 0 Å². The summed E-state index contributed by atoms with van der Waals surface area (Å²) < 4.78 is 27.4. The highest BCUT2D eigenvalue weighted by Gasteiger charge is 2.22. The fourth-order valence-electron chi connectivity index (χ4n) is 10.8. The Labute approximate surface area is 487 Å². The summed E-state index contributed by atoms with van der Waals surface area (Å²) in [5.74, 6) is 4.18. The van der Waals surface area contributed by atoms with E-state index in [1.807, 2.05) is 93.9 Å². The molecule has 5 heterocycles. The molecule has 1 atom stereocenters. The van der Waals surface area contributed by atoms with Gasteiger partial charge in [-0.25, -0.2) is 0 Å². The number of ether oxygens (including phenoxy) is 4. The van der Waals surface area contributed by atoms with Crippen molar-refractivity contribution in [2.45, 2.75) is 78.2 Å². The Balaban J connectivity index is 0.862. The van der Waals surface area contributed by atoms with Crippen molar-refractivity contribution in [3.63, 3.8) is 0 Å². The van der Waals surface area contributed by atoms with Gasteiger partial charge in [0, 0.05) is 76.0 Å². The second-order valence-electron chi connectivity index (χ2n) is 20.3. The first-order chi connectivity index (χ1) is 39.3. The average molecular weight is 1130 g/mol. The van der Waals surface area contributed by atoms with Crippen LogP contribution in [0.15, 0.2) is 181 Å². The predicted molar refractivity (Wildman–Crippen MR) is 345 cm³/mol. The number of thiophene rings is 4. The lowest BCUT2D eigenvalue weighted by Gasteiger charge is -2.26. The Bertz CT molecular complexity index is 3410. The maximum atomic E-state index is 5.50. The molecule has 6 aromatic carbocycles. The first-order valence-electron chi connectivity index (χ1n) is 28.0. The second-order valence-corrected chi connectivity index (χ2v) is 24.4. The molecule has 0 aliphatic carbocycles. The molecule has 0 fully saturated rings. The van der Waals surface area contributed by atoms with E-state index in [2.05, 4.69) is 161 Å². The molecule has 0 radical (unpaired) electrons. The normalized spacial score (nSPS) is 11.8. The first kappa shape index (κ1) is 54.7. The molecule has 11 heteroatoms. The minimum atomic E-state index is 0.827. The molecule has 80 heavy (non-hydrogen) atoms. The Morgan fingerprint density at radius 1 is 0.388 bits per heavy atom. The molecule has 0 aliphatic rings. The number of anilines is 6. The number of benzene rings is 6. The highest BCUT2D eigenvalue weighted by molar-refractivity contribution is 7.32. The van der Waals surface area contributed by atoms with Crippen molar-refractivity contribution in [3.05, 3.63) is 181 Å². The summed E-state index contributed by atoms with van der Waals surface area (Å²) in [4.78, 5) is 11.0. The van der Waals surface area contributed by atoms with Gasteiger partial charge in [0.15, 0.2) is 0 Å². The molecule has 0 bridgehead atoms. The molecule has 5 aromatic heterocycles. The number of aromatic nitrogens is 1. The highest BCUT2D eigenvalue weighted by Crippen LogP contribution is 2.49. The smallest absolute Gasteiger partial charge is 0.119 e. The molecule has 408 valence electrons. The van der Waals surface area contributed by atoms with Gasteiger partial charge in [0.1, 0.15) is 23.0 Å². The van der Waals surface area contributed by atoms with Crippen LogP contribution in [-0.2, 0) is 6.54 Å². The van der Waals surface area contributed by atoms with E-state index >= 15 is 0 Å². The van der Waals surface area contributed by atoms with Crippen LogP contribution in [0.3, 0.4) is 0 Å². The van der Waals surface area contributed by atoms with Crippen molar-refractivity contribution in [2.75, 3.05) is 38.2 Å². The Hall–Kier alpha value is -7.28. The van der Waals surface area contributed by atoms with Crippen LogP contribution in [0.25, 0.3) is 61.5 Å². The van der Waals surface area contributed by atoms with E-state index < -0.39 is 0 Å². The van der Waals surface area contributed by atoms with Gasteiger partial charge in [-0.2, -0.15) is 0 Å². The largest absolute Gasteiger partial charge is 0.497 e. The molecule has 1 unspecified atom stereocenters. The second kappa shape index (κ2) is 25.4. The van der Waals surface area contributed by atoms with Crippen LogP contribution in [0, 0.1) is 5.92 Å². The molecule has 7 nitrogen and oxygen atoms in total. The first-order valence-corrected chi connectivity index (χ1v) is 31.3. The SMILES string of the molecule is CCCCC(CC)CCCCCCn1c2cc(-c3csc(-c4ccc(N(c5ccc(OC)cc5)c5ccc(OC)cc5)cc4)c3)sc2c2sc(-c3ccc(-c4ccc(N(c5ccc(OC)cc5)c5ccc(OC)cc5)cc4)s3)cc21. The molecule has 0 saturated carbocycles. The number of hydrogen-bond acceptors (Lipinski definition) is 10. The Morgan fingerprint density at radius 3 is 1.26 bits per heavy atom. The van der Waals surface area contributed by atoms with Crippen molar-refractivity contribution in [2.24, 2.45) is 5.92 Å². The molecule has 0 amide bonds. The Morgan fingerprint density at radius 2 is 0.800 bits per heavy atom. The number of aryl methyl sites for hydroxylation is 1. The lowest BCUT2D eigenvalue weighted by atomic mass is 9.93. The van der Waals surface area contributed by atoms with Gasteiger partial charge < -0.3 is 33.3 Å². The van der Waals surface area contributed by atoms with Crippen LogP contribution in [-0.4, -0.2) is 33.0 Å². The maximum absolute atomic E-state index is 5.50. The van der Waals surface area contributed by atoms with E-state index in [1.165, 1.54) is 119 Å².